The van der Waals surface area contributed by atoms with Crippen LogP contribution in [0.4, 0.5) is 10.1 Å². The Labute approximate surface area is 125 Å². The highest BCUT2D eigenvalue weighted by atomic mass is 35.5. The van der Waals surface area contributed by atoms with E-state index in [2.05, 4.69) is 5.32 Å². The van der Waals surface area contributed by atoms with Crippen molar-refractivity contribution in [2.24, 2.45) is 0 Å². The highest BCUT2D eigenvalue weighted by Gasteiger charge is 2.07. The number of halogens is 3. The van der Waals surface area contributed by atoms with Crippen LogP contribution in [-0.2, 0) is 4.79 Å². The van der Waals surface area contributed by atoms with E-state index in [1.807, 2.05) is 0 Å². The van der Waals surface area contributed by atoms with E-state index in [-0.39, 0.29) is 12.4 Å². The van der Waals surface area contributed by atoms with Gasteiger partial charge in [0.15, 0.2) is 18.2 Å². The van der Waals surface area contributed by atoms with Gasteiger partial charge in [-0.15, -0.1) is 0 Å². The third-order valence-electron chi connectivity index (χ3n) is 2.34. The number of ether oxygens (including phenoxy) is 1. The summed E-state index contributed by atoms with van der Waals surface area (Å²) in [6, 6.07) is 10.5. The minimum atomic E-state index is -0.522. The zero-order valence-electron chi connectivity index (χ0n) is 10.2. The Morgan fingerprint density at radius 2 is 1.80 bits per heavy atom. The molecule has 0 aromatic heterocycles. The summed E-state index contributed by atoms with van der Waals surface area (Å²) in [5.74, 6) is -0.940. The van der Waals surface area contributed by atoms with E-state index in [1.165, 1.54) is 18.2 Å². The Bertz CT molecular complexity index is 614. The average molecular weight is 314 g/mol. The van der Waals surface area contributed by atoms with Gasteiger partial charge < -0.3 is 10.1 Å². The Hall–Kier alpha value is -1.78. The van der Waals surface area contributed by atoms with Crippen LogP contribution in [0.5, 0.6) is 5.75 Å². The van der Waals surface area contributed by atoms with Crippen molar-refractivity contribution in [3.8, 4) is 5.75 Å². The first kappa shape index (κ1) is 14.6. The van der Waals surface area contributed by atoms with E-state index >= 15 is 0 Å². The smallest absolute Gasteiger partial charge is 0.262 e. The van der Waals surface area contributed by atoms with Crippen molar-refractivity contribution in [2.45, 2.75) is 0 Å². The lowest BCUT2D eigenvalue weighted by molar-refractivity contribution is -0.118. The van der Waals surface area contributed by atoms with E-state index in [9.17, 15) is 9.18 Å². The third kappa shape index (κ3) is 4.11. The van der Waals surface area contributed by atoms with Gasteiger partial charge in [0.25, 0.3) is 5.91 Å². The van der Waals surface area contributed by atoms with E-state index in [0.29, 0.717) is 15.7 Å². The molecule has 2 aromatic rings. The second kappa shape index (κ2) is 6.59. The maximum atomic E-state index is 13.3. The number of carbonyl (C=O) groups is 1. The summed E-state index contributed by atoms with van der Waals surface area (Å²) in [6.45, 7) is -0.314. The summed E-state index contributed by atoms with van der Waals surface area (Å²) in [6.07, 6.45) is 0. The molecule has 0 atom stereocenters. The molecule has 1 N–H and O–H groups in total. The van der Waals surface area contributed by atoms with E-state index < -0.39 is 11.7 Å². The largest absolute Gasteiger partial charge is 0.481 e. The van der Waals surface area contributed by atoms with Crippen molar-refractivity contribution < 1.29 is 13.9 Å². The number of hydrogen-bond acceptors (Lipinski definition) is 2. The minimum absolute atomic E-state index is 0.0202. The first-order chi connectivity index (χ1) is 9.54. The molecule has 0 heterocycles. The van der Waals surface area contributed by atoms with Crippen molar-refractivity contribution in [3.63, 3.8) is 0 Å². The maximum Gasteiger partial charge on any atom is 0.262 e. The summed E-state index contributed by atoms with van der Waals surface area (Å²) < 4.78 is 18.4. The van der Waals surface area contributed by atoms with Crippen LogP contribution in [-0.4, -0.2) is 12.5 Å². The molecule has 0 aliphatic rings. The Morgan fingerprint density at radius 1 is 1.15 bits per heavy atom. The van der Waals surface area contributed by atoms with Crippen molar-refractivity contribution in [2.75, 3.05) is 11.9 Å². The predicted molar refractivity (Wildman–Crippen MR) is 77.0 cm³/mol. The fourth-order valence-corrected chi connectivity index (χ4v) is 2.05. The molecule has 0 aliphatic carbocycles. The third-order valence-corrected chi connectivity index (χ3v) is 2.78. The molecule has 20 heavy (non-hydrogen) atoms. The number of anilines is 1. The molecular weight excluding hydrogens is 304 g/mol. The molecule has 0 bridgehead atoms. The number of benzene rings is 2. The molecule has 104 valence electrons. The van der Waals surface area contributed by atoms with Gasteiger partial charge in [0.05, 0.1) is 0 Å². The maximum absolute atomic E-state index is 13.3. The molecule has 2 rings (SSSR count). The summed E-state index contributed by atoms with van der Waals surface area (Å²) in [5, 5.41) is 3.37. The normalized spacial score (nSPS) is 10.2. The lowest BCUT2D eigenvalue weighted by Gasteiger charge is -2.08. The zero-order valence-corrected chi connectivity index (χ0v) is 11.7. The van der Waals surface area contributed by atoms with E-state index in [4.69, 9.17) is 27.9 Å². The number of carbonyl (C=O) groups excluding carboxylic acids is 1. The van der Waals surface area contributed by atoms with Gasteiger partial charge in [-0.2, -0.15) is 0 Å². The minimum Gasteiger partial charge on any atom is -0.481 e. The van der Waals surface area contributed by atoms with Crippen LogP contribution in [0.25, 0.3) is 0 Å². The molecule has 1 amide bonds. The molecule has 0 radical (unpaired) electrons. The van der Waals surface area contributed by atoms with Gasteiger partial charge in [-0.1, -0.05) is 35.3 Å². The quantitative estimate of drug-likeness (QED) is 0.920. The number of amides is 1. The van der Waals surface area contributed by atoms with Gasteiger partial charge in [0, 0.05) is 15.7 Å². The Morgan fingerprint density at radius 3 is 2.45 bits per heavy atom. The van der Waals surface area contributed by atoms with Crippen LogP contribution in [0.15, 0.2) is 42.5 Å². The second-order valence-electron chi connectivity index (χ2n) is 3.93. The Balaban J connectivity index is 1.94. The van der Waals surface area contributed by atoms with Crippen LogP contribution < -0.4 is 10.1 Å². The molecule has 2 aromatic carbocycles. The molecule has 0 saturated heterocycles. The zero-order chi connectivity index (χ0) is 14.5. The highest BCUT2D eigenvalue weighted by molar-refractivity contribution is 6.35. The first-order valence-electron chi connectivity index (χ1n) is 5.68. The van der Waals surface area contributed by atoms with Crippen LogP contribution in [0.3, 0.4) is 0 Å². The van der Waals surface area contributed by atoms with Crippen molar-refractivity contribution in [3.05, 3.63) is 58.3 Å². The summed E-state index contributed by atoms with van der Waals surface area (Å²) in [4.78, 5) is 11.7. The van der Waals surface area contributed by atoms with Crippen molar-refractivity contribution >= 4 is 34.8 Å². The molecule has 0 saturated carbocycles. The van der Waals surface area contributed by atoms with Crippen LogP contribution in [0.2, 0.25) is 10.0 Å². The lowest BCUT2D eigenvalue weighted by atomic mass is 10.3. The molecule has 0 fully saturated rings. The van der Waals surface area contributed by atoms with Crippen molar-refractivity contribution in [1.29, 1.82) is 0 Å². The standard InChI is InChI=1S/C14H10Cl2FNO2/c15-9-5-10(16)7-11(6-9)18-14(19)8-20-13-4-2-1-3-12(13)17/h1-7H,8H2,(H,18,19). The van der Waals surface area contributed by atoms with Crippen LogP contribution in [0.1, 0.15) is 0 Å². The second-order valence-corrected chi connectivity index (χ2v) is 4.80. The van der Waals surface area contributed by atoms with Gasteiger partial charge >= 0.3 is 0 Å². The molecular formula is C14H10Cl2FNO2. The fourth-order valence-electron chi connectivity index (χ4n) is 1.53. The van der Waals surface area contributed by atoms with Gasteiger partial charge in [-0.3, -0.25) is 4.79 Å². The summed E-state index contributed by atoms with van der Waals surface area (Å²) in [5.41, 5.74) is 0.449. The van der Waals surface area contributed by atoms with Gasteiger partial charge in [-0.05, 0) is 30.3 Å². The molecule has 0 aliphatic heterocycles. The van der Waals surface area contributed by atoms with E-state index in [1.54, 1.807) is 24.3 Å². The first-order valence-corrected chi connectivity index (χ1v) is 6.43. The Kier molecular flexibility index (Phi) is 4.82. The molecule has 0 spiro atoms. The van der Waals surface area contributed by atoms with Crippen LogP contribution >= 0.6 is 23.2 Å². The number of rotatable bonds is 4. The molecule has 0 unspecified atom stereocenters. The lowest BCUT2D eigenvalue weighted by Crippen LogP contribution is -2.20. The fraction of sp³-hybridized carbons (Fsp3) is 0.0714. The van der Waals surface area contributed by atoms with Gasteiger partial charge in [-0.25, -0.2) is 4.39 Å². The molecule has 3 nitrogen and oxygen atoms in total. The van der Waals surface area contributed by atoms with Gasteiger partial charge in [0.2, 0.25) is 0 Å². The average Bonchev–Trinajstić information content (AvgIpc) is 2.36. The number of nitrogens with one attached hydrogen (secondary N) is 1. The van der Waals surface area contributed by atoms with Crippen molar-refractivity contribution in [1.82, 2.24) is 0 Å². The number of para-hydroxylation sites is 1. The predicted octanol–water partition coefficient (Wildman–Crippen LogP) is 4.15. The number of hydrogen-bond donors (Lipinski definition) is 1. The van der Waals surface area contributed by atoms with E-state index in [0.717, 1.165) is 0 Å². The van der Waals surface area contributed by atoms with Gasteiger partial charge in [0.1, 0.15) is 0 Å². The highest BCUT2D eigenvalue weighted by Crippen LogP contribution is 2.22. The van der Waals surface area contributed by atoms with Crippen LogP contribution in [0, 0.1) is 5.82 Å². The monoisotopic (exact) mass is 313 g/mol. The topological polar surface area (TPSA) is 38.3 Å². The summed E-state index contributed by atoms with van der Waals surface area (Å²) >= 11 is 11.6. The SMILES string of the molecule is O=C(COc1ccccc1F)Nc1cc(Cl)cc(Cl)c1. The summed E-state index contributed by atoms with van der Waals surface area (Å²) in [7, 11) is 0. The molecule has 6 heteroatoms.